The Morgan fingerprint density at radius 3 is 2.03 bits per heavy atom. The topological polar surface area (TPSA) is 128 Å². The molecule has 2 rings (SSSR count). The van der Waals surface area contributed by atoms with E-state index in [-0.39, 0.29) is 24.7 Å². The Bertz CT molecular complexity index is 1100. The highest BCUT2D eigenvalue weighted by atomic mass is 16.5. The predicted molar refractivity (Wildman–Crippen MR) is 137 cm³/mol. The molecule has 2 amide bonds. The smallest absolute Gasteiger partial charge is 0.261 e. The summed E-state index contributed by atoms with van der Waals surface area (Å²) >= 11 is 0. The zero-order valence-electron chi connectivity index (χ0n) is 21.5. The molecule has 8 nitrogen and oxygen atoms in total. The number of amides is 2. The molecule has 2 aromatic carbocycles. The molecular formula is C27H36N4O4. The van der Waals surface area contributed by atoms with E-state index in [1.54, 1.807) is 18.7 Å². The monoisotopic (exact) mass is 480 g/mol. The van der Waals surface area contributed by atoms with Crippen LogP contribution in [-0.4, -0.2) is 47.0 Å². The standard InChI is InChI=1S/C27H36N4O4/c1-17-7-9-21(10-8-17)13-23(28)30-25(34)16-31(15-24(29)33)14-22-11-18(2)26(19(3)12-22)35-27(5,6)20(4)32/h7-12H,13-16H2,1-6H3,(H2,29,33)(H2,28,30,34). The lowest BCUT2D eigenvalue weighted by atomic mass is 10.0. The third-order valence-electron chi connectivity index (χ3n) is 5.64. The maximum atomic E-state index is 12.6. The molecule has 0 bridgehead atoms. The molecule has 0 aromatic heterocycles. The van der Waals surface area contributed by atoms with Crippen molar-refractivity contribution in [2.24, 2.45) is 16.5 Å². The lowest BCUT2D eigenvalue weighted by Gasteiger charge is -2.26. The summed E-state index contributed by atoms with van der Waals surface area (Å²) in [6.45, 7) is 10.8. The summed E-state index contributed by atoms with van der Waals surface area (Å²) in [5.41, 5.74) is 15.1. The van der Waals surface area contributed by atoms with Crippen LogP contribution < -0.4 is 16.2 Å². The Hall–Kier alpha value is -3.52. The number of hydrogen-bond donors (Lipinski definition) is 2. The van der Waals surface area contributed by atoms with Crippen molar-refractivity contribution < 1.29 is 19.1 Å². The molecule has 0 aliphatic rings. The Morgan fingerprint density at radius 1 is 0.943 bits per heavy atom. The molecule has 0 spiro atoms. The summed E-state index contributed by atoms with van der Waals surface area (Å²) in [6.07, 6.45) is 0.359. The number of nitrogens with zero attached hydrogens (tertiary/aromatic N) is 2. The first-order valence-corrected chi connectivity index (χ1v) is 11.5. The molecule has 35 heavy (non-hydrogen) atoms. The molecule has 0 radical (unpaired) electrons. The lowest BCUT2D eigenvalue weighted by molar-refractivity contribution is -0.129. The highest BCUT2D eigenvalue weighted by molar-refractivity contribution is 5.95. The van der Waals surface area contributed by atoms with Gasteiger partial charge in [0.15, 0.2) is 11.4 Å². The molecule has 0 atom stereocenters. The second-order valence-electron chi connectivity index (χ2n) is 9.50. The number of aryl methyl sites for hydroxylation is 3. The zero-order valence-corrected chi connectivity index (χ0v) is 21.5. The molecule has 4 N–H and O–H groups in total. The first kappa shape index (κ1) is 27.7. The number of carbonyl (C=O) groups is 3. The fraction of sp³-hybridized carbons (Fsp3) is 0.407. The van der Waals surface area contributed by atoms with Crippen LogP contribution in [-0.2, 0) is 27.3 Å². The number of nitrogens with two attached hydrogens (primary N) is 2. The van der Waals surface area contributed by atoms with Gasteiger partial charge >= 0.3 is 0 Å². The fourth-order valence-electron chi connectivity index (χ4n) is 3.61. The van der Waals surface area contributed by atoms with Gasteiger partial charge in [0, 0.05) is 13.0 Å². The van der Waals surface area contributed by atoms with Gasteiger partial charge in [-0.2, -0.15) is 4.99 Å². The first-order chi connectivity index (χ1) is 16.3. The average molecular weight is 481 g/mol. The Morgan fingerprint density at radius 2 is 1.51 bits per heavy atom. The van der Waals surface area contributed by atoms with E-state index >= 15 is 0 Å². The van der Waals surface area contributed by atoms with E-state index in [1.165, 1.54) is 6.92 Å². The molecule has 0 fully saturated rings. The van der Waals surface area contributed by atoms with E-state index in [0.29, 0.717) is 18.7 Å². The van der Waals surface area contributed by atoms with Crippen LogP contribution in [0, 0.1) is 20.8 Å². The van der Waals surface area contributed by atoms with Crippen LogP contribution in [0.5, 0.6) is 5.75 Å². The molecule has 0 aliphatic heterocycles. The van der Waals surface area contributed by atoms with Crippen LogP contribution >= 0.6 is 0 Å². The summed E-state index contributed by atoms with van der Waals surface area (Å²) in [5, 5.41) is 0. The van der Waals surface area contributed by atoms with Gasteiger partial charge in [-0.25, -0.2) is 0 Å². The van der Waals surface area contributed by atoms with Crippen LogP contribution in [0.1, 0.15) is 48.6 Å². The van der Waals surface area contributed by atoms with Gasteiger partial charge in [0.05, 0.1) is 13.1 Å². The van der Waals surface area contributed by atoms with Crippen LogP contribution in [0.2, 0.25) is 0 Å². The summed E-state index contributed by atoms with van der Waals surface area (Å²) in [6, 6.07) is 11.6. The molecule has 0 heterocycles. The largest absolute Gasteiger partial charge is 0.480 e. The molecule has 0 saturated carbocycles. The number of carbonyl (C=O) groups excluding carboxylic acids is 3. The van der Waals surface area contributed by atoms with Crippen LogP contribution in [0.4, 0.5) is 0 Å². The maximum Gasteiger partial charge on any atom is 0.261 e. The number of aliphatic imine (C=N–C) groups is 1. The minimum Gasteiger partial charge on any atom is -0.480 e. The van der Waals surface area contributed by atoms with Crippen molar-refractivity contribution in [1.82, 2.24) is 4.90 Å². The van der Waals surface area contributed by atoms with Gasteiger partial charge in [-0.1, -0.05) is 42.0 Å². The first-order valence-electron chi connectivity index (χ1n) is 11.5. The maximum absolute atomic E-state index is 12.6. The van der Waals surface area contributed by atoms with Gasteiger partial charge in [-0.15, -0.1) is 0 Å². The number of ether oxygens (including phenoxy) is 1. The summed E-state index contributed by atoms with van der Waals surface area (Å²) in [7, 11) is 0. The Balaban J connectivity index is 2.14. The number of ketones is 1. The molecule has 0 saturated heterocycles. The fourth-order valence-corrected chi connectivity index (χ4v) is 3.61. The van der Waals surface area contributed by atoms with Gasteiger partial charge in [0.25, 0.3) is 5.91 Å². The van der Waals surface area contributed by atoms with Gasteiger partial charge in [-0.3, -0.25) is 19.3 Å². The average Bonchev–Trinajstić information content (AvgIpc) is 2.71. The van der Waals surface area contributed by atoms with E-state index in [0.717, 1.165) is 27.8 Å². The Labute approximate surface area is 207 Å². The SMILES string of the molecule is CC(=O)C(C)(C)Oc1c(C)cc(CN(CC(N)=O)CC(=O)N=C(N)Cc2ccc(C)cc2)cc1C. The Kier molecular flexibility index (Phi) is 9.31. The normalized spacial score (nSPS) is 12.0. The molecular weight excluding hydrogens is 444 g/mol. The number of amidine groups is 1. The van der Waals surface area contributed by atoms with E-state index in [2.05, 4.69) is 4.99 Å². The number of hydrogen-bond acceptors (Lipinski definition) is 5. The lowest BCUT2D eigenvalue weighted by Crippen LogP contribution is -2.37. The molecule has 0 unspecified atom stereocenters. The number of benzene rings is 2. The highest BCUT2D eigenvalue weighted by Gasteiger charge is 2.27. The van der Waals surface area contributed by atoms with Crippen molar-refractivity contribution in [3.05, 3.63) is 64.2 Å². The third-order valence-corrected chi connectivity index (χ3v) is 5.64. The minimum atomic E-state index is -0.946. The molecule has 2 aromatic rings. The van der Waals surface area contributed by atoms with E-state index in [1.807, 2.05) is 57.2 Å². The van der Waals surface area contributed by atoms with Crippen molar-refractivity contribution in [2.45, 2.75) is 60.1 Å². The van der Waals surface area contributed by atoms with Crippen molar-refractivity contribution in [3.8, 4) is 5.75 Å². The minimum absolute atomic E-state index is 0.0753. The van der Waals surface area contributed by atoms with Gasteiger partial charge < -0.3 is 16.2 Å². The highest BCUT2D eigenvalue weighted by Crippen LogP contribution is 2.29. The predicted octanol–water partition coefficient (Wildman–Crippen LogP) is 2.77. The molecule has 188 valence electrons. The van der Waals surface area contributed by atoms with Crippen molar-refractivity contribution in [2.75, 3.05) is 13.1 Å². The number of rotatable bonds is 11. The quantitative estimate of drug-likeness (QED) is 0.376. The van der Waals surface area contributed by atoms with Gasteiger partial charge in [-0.05, 0) is 63.8 Å². The van der Waals surface area contributed by atoms with Gasteiger partial charge in [0.1, 0.15) is 11.6 Å². The van der Waals surface area contributed by atoms with E-state index < -0.39 is 17.4 Å². The molecule has 0 aliphatic carbocycles. The van der Waals surface area contributed by atoms with Crippen LogP contribution in [0.25, 0.3) is 0 Å². The van der Waals surface area contributed by atoms with Crippen LogP contribution in [0.3, 0.4) is 0 Å². The third kappa shape index (κ3) is 8.64. The second-order valence-corrected chi connectivity index (χ2v) is 9.50. The summed E-state index contributed by atoms with van der Waals surface area (Å²) in [4.78, 5) is 41.7. The van der Waals surface area contributed by atoms with Crippen molar-refractivity contribution >= 4 is 23.4 Å². The van der Waals surface area contributed by atoms with E-state index in [9.17, 15) is 14.4 Å². The summed E-state index contributed by atoms with van der Waals surface area (Å²) < 4.78 is 5.99. The summed E-state index contributed by atoms with van der Waals surface area (Å²) in [5.74, 6) is -0.230. The van der Waals surface area contributed by atoms with Gasteiger partial charge in [0.2, 0.25) is 5.91 Å². The van der Waals surface area contributed by atoms with E-state index in [4.69, 9.17) is 16.2 Å². The zero-order chi connectivity index (χ0) is 26.3. The second kappa shape index (κ2) is 11.8. The number of Topliss-reactive ketones (excluding diaryl/α,β-unsaturated/α-hetero) is 1. The van der Waals surface area contributed by atoms with Crippen molar-refractivity contribution in [3.63, 3.8) is 0 Å². The molecule has 8 heteroatoms. The number of primary amides is 1. The van der Waals surface area contributed by atoms with Crippen molar-refractivity contribution in [1.29, 1.82) is 0 Å². The van der Waals surface area contributed by atoms with Crippen LogP contribution in [0.15, 0.2) is 41.4 Å².